The number of nitrogens with two attached hydrogens (primary N) is 1. The summed E-state index contributed by atoms with van der Waals surface area (Å²) in [6.07, 6.45) is 2.08. The van der Waals surface area contributed by atoms with Gasteiger partial charge in [0.2, 0.25) is 6.41 Å². The first-order valence-electron chi connectivity index (χ1n) is 4.76. The topological polar surface area (TPSA) is 76.3 Å². The van der Waals surface area contributed by atoms with Gasteiger partial charge in [0.25, 0.3) is 0 Å². The highest BCUT2D eigenvalue weighted by Crippen LogP contribution is 2.25. The molecule has 0 saturated heterocycles. The number of carbonyl (C=O) groups excluding carboxylic acids is 2. The second kappa shape index (κ2) is 4.75. The zero-order chi connectivity index (χ0) is 12.3. The number of thiazole rings is 1. The van der Waals surface area contributed by atoms with Gasteiger partial charge in [0.15, 0.2) is 0 Å². The number of imide groups is 1. The van der Waals surface area contributed by atoms with Crippen LogP contribution < -0.4 is 10.6 Å². The summed E-state index contributed by atoms with van der Waals surface area (Å²) >= 11 is 1.48. The maximum Gasteiger partial charge on any atom is 0.325 e. The Balaban J connectivity index is 2.41. The summed E-state index contributed by atoms with van der Waals surface area (Å²) in [6.45, 7) is 0. The molecular weight excluding hydrogens is 238 g/mol. The van der Waals surface area contributed by atoms with E-state index >= 15 is 0 Å². The molecule has 1 aromatic carbocycles. The van der Waals surface area contributed by atoms with E-state index in [-0.39, 0.29) is 0 Å². The molecule has 0 saturated carbocycles. The maximum atomic E-state index is 11.0. The Morgan fingerprint density at radius 3 is 2.88 bits per heavy atom. The number of amides is 3. The third-order valence-corrected chi connectivity index (χ3v) is 2.97. The third-order valence-electron chi connectivity index (χ3n) is 2.15. The van der Waals surface area contributed by atoms with E-state index in [1.807, 2.05) is 11.4 Å². The van der Waals surface area contributed by atoms with Gasteiger partial charge in [0.1, 0.15) is 5.01 Å². The van der Waals surface area contributed by atoms with Gasteiger partial charge in [-0.3, -0.25) is 4.79 Å². The van der Waals surface area contributed by atoms with Crippen LogP contribution in [0.15, 0.2) is 35.8 Å². The molecule has 0 aliphatic heterocycles. The lowest BCUT2D eigenvalue weighted by molar-refractivity contribution is -0.106. The van der Waals surface area contributed by atoms with Gasteiger partial charge in [-0.1, -0.05) is 12.1 Å². The summed E-state index contributed by atoms with van der Waals surface area (Å²) in [6, 6.07) is 6.11. The number of benzene rings is 1. The molecule has 0 aliphatic carbocycles. The first kappa shape index (κ1) is 11.3. The fourth-order valence-electron chi connectivity index (χ4n) is 1.39. The molecule has 2 N–H and O–H groups in total. The lowest BCUT2D eigenvalue weighted by Gasteiger charge is -2.12. The van der Waals surface area contributed by atoms with Crippen LogP contribution in [0.3, 0.4) is 0 Å². The summed E-state index contributed by atoms with van der Waals surface area (Å²) in [5.74, 6) is 0. The second-order valence-electron chi connectivity index (χ2n) is 3.20. The molecule has 5 nitrogen and oxygen atoms in total. The maximum absolute atomic E-state index is 11.0. The van der Waals surface area contributed by atoms with E-state index in [0.29, 0.717) is 12.1 Å². The van der Waals surface area contributed by atoms with Gasteiger partial charge < -0.3 is 5.73 Å². The van der Waals surface area contributed by atoms with E-state index in [2.05, 4.69) is 4.98 Å². The van der Waals surface area contributed by atoms with Crippen LogP contribution in [-0.4, -0.2) is 17.4 Å². The number of urea groups is 1. The van der Waals surface area contributed by atoms with E-state index < -0.39 is 6.03 Å². The minimum Gasteiger partial charge on any atom is -0.351 e. The van der Waals surface area contributed by atoms with Crippen LogP contribution in [0.5, 0.6) is 0 Å². The van der Waals surface area contributed by atoms with Gasteiger partial charge in [-0.25, -0.2) is 14.7 Å². The van der Waals surface area contributed by atoms with Crippen molar-refractivity contribution >= 4 is 29.5 Å². The number of anilines is 1. The van der Waals surface area contributed by atoms with Crippen LogP contribution in [0, 0.1) is 0 Å². The van der Waals surface area contributed by atoms with Gasteiger partial charge in [0, 0.05) is 17.1 Å². The van der Waals surface area contributed by atoms with Gasteiger partial charge in [0.05, 0.1) is 5.69 Å². The van der Waals surface area contributed by atoms with E-state index in [9.17, 15) is 9.59 Å². The van der Waals surface area contributed by atoms with E-state index in [0.717, 1.165) is 15.5 Å². The summed E-state index contributed by atoms with van der Waals surface area (Å²) < 4.78 is 0. The monoisotopic (exact) mass is 247 g/mol. The Bertz CT molecular complexity index is 539. The predicted molar refractivity (Wildman–Crippen MR) is 65.7 cm³/mol. The zero-order valence-corrected chi connectivity index (χ0v) is 9.55. The summed E-state index contributed by atoms with van der Waals surface area (Å²) in [5, 5.41) is 2.68. The highest BCUT2D eigenvalue weighted by Gasteiger charge is 2.12. The quantitative estimate of drug-likeness (QED) is 0.841. The molecule has 2 aromatic rings. The Labute approximate surface area is 102 Å². The highest BCUT2D eigenvalue weighted by atomic mass is 32.1. The molecule has 86 valence electrons. The fraction of sp³-hybridized carbons (Fsp3) is 0. The van der Waals surface area contributed by atoms with Crippen molar-refractivity contribution in [2.45, 2.75) is 0 Å². The Kier molecular flexibility index (Phi) is 3.15. The number of aromatic nitrogens is 1. The Morgan fingerprint density at radius 1 is 1.47 bits per heavy atom. The van der Waals surface area contributed by atoms with Crippen molar-refractivity contribution in [3.63, 3.8) is 0 Å². The molecule has 2 rings (SSSR count). The molecule has 0 fully saturated rings. The molecule has 0 bridgehead atoms. The fourth-order valence-corrected chi connectivity index (χ4v) is 2.03. The number of hydrogen-bond donors (Lipinski definition) is 1. The average Bonchev–Trinajstić information content (AvgIpc) is 2.83. The lowest BCUT2D eigenvalue weighted by atomic mass is 10.2. The minimum atomic E-state index is -0.809. The normalized spacial score (nSPS) is 9.88. The summed E-state index contributed by atoms with van der Waals surface area (Å²) in [5.41, 5.74) is 6.36. The van der Waals surface area contributed by atoms with Crippen LogP contribution in [0.4, 0.5) is 10.5 Å². The number of nitrogens with zero attached hydrogens (tertiary/aromatic N) is 2. The molecule has 1 aromatic heterocycles. The molecule has 0 unspecified atom stereocenters. The third kappa shape index (κ3) is 2.31. The highest BCUT2D eigenvalue weighted by molar-refractivity contribution is 7.13. The van der Waals surface area contributed by atoms with Crippen molar-refractivity contribution in [3.8, 4) is 10.6 Å². The predicted octanol–water partition coefficient (Wildman–Crippen LogP) is 1.85. The summed E-state index contributed by atoms with van der Waals surface area (Å²) in [7, 11) is 0. The number of primary amides is 1. The van der Waals surface area contributed by atoms with Gasteiger partial charge in [-0.05, 0) is 12.1 Å². The standard InChI is InChI=1S/C11H9N3O2S/c12-11(16)14(7-15)9-3-1-2-8(6-9)10-13-4-5-17-10/h1-7H,(H2,12,16). The minimum absolute atomic E-state index is 0.392. The van der Waals surface area contributed by atoms with E-state index in [1.54, 1.807) is 24.4 Å². The van der Waals surface area contributed by atoms with Crippen molar-refractivity contribution in [1.29, 1.82) is 0 Å². The average molecular weight is 247 g/mol. The summed E-state index contributed by atoms with van der Waals surface area (Å²) in [4.78, 5) is 26.8. The largest absolute Gasteiger partial charge is 0.351 e. The van der Waals surface area contributed by atoms with Crippen molar-refractivity contribution in [2.75, 3.05) is 4.90 Å². The first-order chi connectivity index (χ1) is 8.22. The van der Waals surface area contributed by atoms with Gasteiger partial charge >= 0.3 is 6.03 Å². The Hall–Kier alpha value is -2.21. The molecule has 17 heavy (non-hydrogen) atoms. The van der Waals surface area contributed by atoms with Crippen molar-refractivity contribution in [1.82, 2.24) is 4.98 Å². The molecule has 1 heterocycles. The van der Waals surface area contributed by atoms with E-state index in [4.69, 9.17) is 5.73 Å². The molecule has 0 radical (unpaired) electrons. The smallest absolute Gasteiger partial charge is 0.325 e. The molecule has 0 aliphatic rings. The van der Waals surface area contributed by atoms with Crippen molar-refractivity contribution in [2.24, 2.45) is 5.73 Å². The Morgan fingerprint density at radius 2 is 2.29 bits per heavy atom. The van der Waals surface area contributed by atoms with Crippen molar-refractivity contribution < 1.29 is 9.59 Å². The molecule has 0 spiro atoms. The molecule has 0 atom stereocenters. The van der Waals surface area contributed by atoms with Crippen molar-refractivity contribution in [3.05, 3.63) is 35.8 Å². The number of hydrogen-bond acceptors (Lipinski definition) is 4. The van der Waals surface area contributed by atoms with Crippen LogP contribution in [0.1, 0.15) is 0 Å². The molecular formula is C11H9N3O2S. The van der Waals surface area contributed by atoms with Crippen LogP contribution >= 0.6 is 11.3 Å². The van der Waals surface area contributed by atoms with Gasteiger partial charge in [-0.15, -0.1) is 11.3 Å². The number of rotatable bonds is 3. The first-order valence-corrected chi connectivity index (χ1v) is 5.64. The van der Waals surface area contributed by atoms with E-state index in [1.165, 1.54) is 11.3 Å². The lowest BCUT2D eigenvalue weighted by Crippen LogP contribution is -2.34. The van der Waals surface area contributed by atoms with Crippen LogP contribution in [-0.2, 0) is 4.79 Å². The van der Waals surface area contributed by atoms with Gasteiger partial charge in [-0.2, -0.15) is 0 Å². The molecule has 6 heteroatoms. The second-order valence-corrected chi connectivity index (χ2v) is 4.10. The van der Waals surface area contributed by atoms with Crippen LogP contribution in [0.2, 0.25) is 0 Å². The zero-order valence-electron chi connectivity index (χ0n) is 8.74. The SMILES string of the molecule is NC(=O)N(C=O)c1cccc(-c2nccs2)c1. The van der Waals surface area contributed by atoms with Crippen LogP contribution in [0.25, 0.3) is 10.6 Å². The molecule has 3 amide bonds. The number of carbonyl (C=O) groups is 2.